The smallest absolute Gasteiger partial charge is 0.310 e. The van der Waals surface area contributed by atoms with Gasteiger partial charge in [0.2, 0.25) is 0 Å². The zero-order valence-electron chi connectivity index (χ0n) is 10.4. The van der Waals surface area contributed by atoms with Crippen LogP contribution in [-0.2, 0) is 9.59 Å². The van der Waals surface area contributed by atoms with Gasteiger partial charge in [-0.15, -0.1) is 0 Å². The number of hydrogen-bond acceptors (Lipinski definition) is 3. The first kappa shape index (κ1) is 13.5. The molecule has 2 rings (SSSR count). The number of carbonyl (C=O) groups is 3. The first-order valence-corrected chi connectivity index (χ1v) is 6.01. The number of aliphatic carboxylic acids is 1. The van der Waals surface area contributed by atoms with Crippen molar-refractivity contribution in [2.75, 3.05) is 11.4 Å². The monoisotopic (exact) mass is 281 g/mol. The Labute approximate surface area is 114 Å². The van der Waals surface area contributed by atoms with Gasteiger partial charge < -0.3 is 10.0 Å². The van der Waals surface area contributed by atoms with Crippen LogP contribution in [0.3, 0.4) is 0 Å². The van der Waals surface area contributed by atoms with Crippen LogP contribution in [0, 0.1) is 5.41 Å². The lowest BCUT2D eigenvalue weighted by Gasteiger charge is -2.26. The van der Waals surface area contributed by atoms with E-state index in [4.69, 9.17) is 16.7 Å². The van der Waals surface area contributed by atoms with Gasteiger partial charge in [-0.2, -0.15) is 0 Å². The van der Waals surface area contributed by atoms with Crippen LogP contribution in [0.15, 0.2) is 18.2 Å². The van der Waals surface area contributed by atoms with Crippen molar-refractivity contribution in [3.8, 4) is 0 Å². The number of rotatable bonds is 3. The molecule has 0 unspecified atom stereocenters. The van der Waals surface area contributed by atoms with Crippen LogP contribution in [0.5, 0.6) is 0 Å². The largest absolute Gasteiger partial charge is 0.481 e. The van der Waals surface area contributed by atoms with Crippen LogP contribution < -0.4 is 4.90 Å². The third kappa shape index (κ3) is 2.10. The number of nitrogens with zero attached hydrogens (tertiary/aromatic N) is 1. The highest BCUT2D eigenvalue weighted by molar-refractivity contribution is 6.55. The van der Waals surface area contributed by atoms with Crippen molar-refractivity contribution in [2.45, 2.75) is 13.8 Å². The van der Waals surface area contributed by atoms with E-state index in [1.54, 1.807) is 12.1 Å². The molecule has 5 nitrogen and oxygen atoms in total. The van der Waals surface area contributed by atoms with Crippen LogP contribution >= 0.6 is 11.6 Å². The highest BCUT2D eigenvalue weighted by Gasteiger charge is 2.41. The van der Waals surface area contributed by atoms with Gasteiger partial charge in [0.05, 0.1) is 21.7 Å². The molecule has 0 saturated heterocycles. The summed E-state index contributed by atoms with van der Waals surface area (Å²) in [6.07, 6.45) is 0. The van der Waals surface area contributed by atoms with Crippen LogP contribution in [0.2, 0.25) is 5.02 Å². The summed E-state index contributed by atoms with van der Waals surface area (Å²) in [7, 11) is 0. The molecule has 6 heteroatoms. The van der Waals surface area contributed by atoms with Gasteiger partial charge in [-0.3, -0.25) is 14.4 Å². The predicted octanol–water partition coefficient (Wildman–Crippen LogP) is 1.98. The number of ketones is 1. The van der Waals surface area contributed by atoms with Crippen molar-refractivity contribution >= 4 is 34.9 Å². The summed E-state index contributed by atoms with van der Waals surface area (Å²) in [5.41, 5.74) is -0.632. The van der Waals surface area contributed by atoms with Gasteiger partial charge in [-0.25, -0.2) is 0 Å². The average Bonchev–Trinajstić information content (AvgIpc) is 2.55. The Balaban J connectivity index is 2.45. The Morgan fingerprint density at radius 2 is 2.00 bits per heavy atom. The minimum absolute atomic E-state index is 0.0831. The number of carboxylic acids is 1. The lowest BCUT2D eigenvalue weighted by molar-refractivity contribution is -0.146. The molecular weight excluding hydrogens is 270 g/mol. The zero-order chi connectivity index (χ0) is 14.4. The molecule has 1 aliphatic heterocycles. The second-order valence-corrected chi connectivity index (χ2v) is 5.45. The van der Waals surface area contributed by atoms with Gasteiger partial charge >= 0.3 is 5.97 Å². The number of fused-ring (bicyclic) bond motifs is 1. The topological polar surface area (TPSA) is 74.7 Å². The molecule has 0 saturated carbocycles. The molecule has 0 fully saturated rings. The Morgan fingerprint density at radius 3 is 2.58 bits per heavy atom. The molecule has 1 aliphatic rings. The third-order valence-electron chi connectivity index (χ3n) is 3.08. The lowest BCUT2D eigenvalue weighted by atomic mass is 9.93. The summed E-state index contributed by atoms with van der Waals surface area (Å²) in [6, 6.07) is 4.73. The minimum Gasteiger partial charge on any atom is -0.481 e. The van der Waals surface area contributed by atoms with Crippen LogP contribution in [0.25, 0.3) is 0 Å². The summed E-state index contributed by atoms with van der Waals surface area (Å²) in [4.78, 5) is 36.1. The maximum Gasteiger partial charge on any atom is 0.310 e. The Morgan fingerprint density at radius 1 is 1.37 bits per heavy atom. The van der Waals surface area contributed by atoms with Gasteiger partial charge in [-0.05, 0) is 26.0 Å². The highest BCUT2D eigenvalue weighted by Crippen LogP contribution is 2.35. The van der Waals surface area contributed by atoms with E-state index in [9.17, 15) is 14.4 Å². The van der Waals surface area contributed by atoms with E-state index in [1.165, 1.54) is 24.8 Å². The number of amides is 1. The standard InChI is InChI=1S/C13H12ClNO4/c1-13(2,12(18)19)6-15-8-5-3-4-7(14)9(8)10(16)11(15)17/h3-5H,6H2,1-2H3,(H,18,19). The van der Waals surface area contributed by atoms with Crippen molar-refractivity contribution in [1.29, 1.82) is 0 Å². The molecule has 0 radical (unpaired) electrons. The lowest BCUT2D eigenvalue weighted by Crippen LogP contribution is -2.41. The second kappa shape index (κ2) is 4.35. The predicted molar refractivity (Wildman–Crippen MR) is 69.6 cm³/mol. The Kier molecular flexibility index (Phi) is 3.10. The van der Waals surface area contributed by atoms with Crippen molar-refractivity contribution in [3.63, 3.8) is 0 Å². The number of carboxylic acid groups (broad SMARTS) is 1. The molecular formula is C13H12ClNO4. The van der Waals surface area contributed by atoms with E-state index in [0.717, 1.165) is 0 Å². The van der Waals surface area contributed by atoms with E-state index in [-0.39, 0.29) is 17.1 Å². The van der Waals surface area contributed by atoms with E-state index >= 15 is 0 Å². The Hall–Kier alpha value is -1.88. The number of Topliss-reactive ketones (excluding diaryl/α,β-unsaturated/α-hetero) is 1. The van der Waals surface area contributed by atoms with Crippen molar-refractivity contribution in [1.82, 2.24) is 0 Å². The van der Waals surface area contributed by atoms with E-state index < -0.39 is 23.1 Å². The zero-order valence-corrected chi connectivity index (χ0v) is 11.2. The van der Waals surface area contributed by atoms with Gasteiger partial charge in [0, 0.05) is 6.54 Å². The first-order chi connectivity index (χ1) is 8.75. The Bertz CT molecular complexity index is 594. The van der Waals surface area contributed by atoms with Gasteiger partial charge in [0.15, 0.2) is 0 Å². The summed E-state index contributed by atoms with van der Waals surface area (Å²) in [6.45, 7) is 2.91. The van der Waals surface area contributed by atoms with Gasteiger partial charge in [-0.1, -0.05) is 17.7 Å². The van der Waals surface area contributed by atoms with Crippen molar-refractivity contribution in [2.24, 2.45) is 5.41 Å². The molecule has 0 atom stereocenters. The molecule has 1 N–H and O–H groups in total. The summed E-state index contributed by atoms with van der Waals surface area (Å²) >= 11 is 5.91. The maximum absolute atomic E-state index is 11.9. The van der Waals surface area contributed by atoms with Gasteiger partial charge in [0.1, 0.15) is 0 Å². The molecule has 0 bridgehead atoms. The normalized spacial score (nSPS) is 14.8. The summed E-state index contributed by atoms with van der Waals surface area (Å²) in [5.74, 6) is -2.47. The van der Waals surface area contributed by atoms with Crippen molar-refractivity contribution in [3.05, 3.63) is 28.8 Å². The third-order valence-corrected chi connectivity index (χ3v) is 3.40. The fourth-order valence-corrected chi connectivity index (χ4v) is 2.18. The molecule has 100 valence electrons. The fraction of sp³-hybridized carbons (Fsp3) is 0.308. The van der Waals surface area contributed by atoms with Crippen LogP contribution in [0.4, 0.5) is 5.69 Å². The average molecular weight is 282 g/mol. The quantitative estimate of drug-likeness (QED) is 0.860. The molecule has 19 heavy (non-hydrogen) atoms. The molecule has 1 aromatic rings. The number of anilines is 1. The molecule has 1 aromatic carbocycles. The van der Waals surface area contributed by atoms with E-state index in [2.05, 4.69) is 0 Å². The van der Waals surface area contributed by atoms with Crippen LogP contribution in [0.1, 0.15) is 24.2 Å². The number of carbonyl (C=O) groups excluding carboxylic acids is 2. The number of hydrogen-bond donors (Lipinski definition) is 1. The molecule has 1 heterocycles. The number of halogens is 1. The SMILES string of the molecule is CC(C)(CN1C(=O)C(=O)c2c(Cl)cccc21)C(=O)O. The summed E-state index contributed by atoms with van der Waals surface area (Å²) < 4.78 is 0. The number of benzene rings is 1. The summed E-state index contributed by atoms with van der Waals surface area (Å²) in [5, 5.41) is 9.31. The van der Waals surface area contributed by atoms with Crippen molar-refractivity contribution < 1.29 is 19.5 Å². The maximum atomic E-state index is 11.9. The fourth-order valence-electron chi connectivity index (χ4n) is 1.92. The van der Waals surface area contributed by atoms with Gasteiger partial charge in [0.25, 0.3) is 11.7 Å². The minimum atomic E-state index is -1.15. The molecule has 1 amide bonds. The van der Waals surface area contributed by atoms with E-state index in [1.807, 2.05) is 0 Å². The van der Waals surface area contributed by atoms with E-state index in [0.29, 0.717) is 5.69 Å². The second-order valence-electron chi connectivity index (χ2n) is 5.04. The van der Waals surface area contributed by atoms with Crippen LogP contribution in [-0.4, -0.2) is 29.3 Å². The highest BCUT2D eigenvalue weighted by atomic mass is 35.5. The first-order valence-electron chi connectivity index (χ1n) is 5.64. The molecule has 0 aliphatic carbocycles. The molecule has 0 spiro atoms. The molecule has 0 aromatic heterocycles.